The van der Waals surface area contributed by atoms with Crippen LogP contribution in [0.15, 0.2) is 60.7 Å². The Labute approximate surface area is 150 Å². The van der Waals surface area contributed by atoms with E-state index in [-0.39, 0.29) is 4.99 Å². The van der Waals surface area contributed by atoms with Crippen LogP contribution in [-0.4, -0.2) is 18.2 Å². The second kappa shape index (κ2) is 7.51. The first-order valence-corrected chi connectivity index (χ1v) is 8.26. The molecule has 5 heteroatoms. The zero-order chi connectivity index (χ0) is 16.9. The van der Waals surface area contributed by atoms with E-state index in [1.54, 1.807) is 18.2 Å². The Hall–Kier alpha value is -2.30. The van der Waals surface area contributed by atoms with Crippen LogP contribution in [0.1, 0.15) is 5.56 Å². The molecule has 122 valence electrons. The summed E-state index contributed by atoms with van der Waals surface area (Å²) in [6.07, 6.45) is 0. The highest BCUT2D eigenvalue weighted by Crippen LogP contribution is 2.23. The summed E-state index contributed by atoms with van der Waals surface area (Å²) in [5.74, 6) is 1.41. The number of hydrogen-bond donors (Lipinski definition) is 1. The predicted octanol–water partition coefficient (Wildman–Crippen LogP) is 4.59. The molecule has 0 atom stereocenters. The normalized spacial score (nSPS) is 10.5. The standard InChI is InChI=1S/C19H16ClNO2S/c20-15-6-8-18(17(12-15)19(21)24)23-10-9-22-16-7-5-13-3-1-2-4-14(13)11-16/h1-8,11-12H,9-10H2,(H2,21,24). The molecule has 0 aliphatic heterocycles. The van der Waals surface area contributed by atoms with E-state index in [0.717, 1.165) is 11.1 Å². The predicted molar refractivity (Wildman–Crippen MR) is 102 cm³/mol. The molecule has 0 radical (unpaired) electrons. The van der Waals surface area contributed by atoms with Gasteiger partial charge in [-0.3, -0.25) is 0 Å². The molecule has 3 rings (SSSR count). The first-order chi connectivity index (χ1) is 11.6. The molecular weight excluding hydrogens is 342 g/mol. The van der Waals surface area contributed by atoms with Gasteiger partial charge in [0, 0.05) is 5.02 Å². The zero-order valence-corrected chi connectivity index (χ0v) is 14.4. The van der Waals surface area contributed by atoms with E-state index in [9.17, 15) is 0 Å². The minimum atomic E-state index is 0.253. The second-order valence-corrected chi connectivity index (χ2v) is 6.09. The molecule has 0 aliphatic rings. The van der Waals surface area contributed by atoms with Gasteiger partial charge < -0.3 is 15.2 Å². The number of nitrogens with two attached hydrogens (primary N) is 1. The van der Waals surface area contributed by atoms with Crippen molar-refractivity contribution in [3.8, 4) is 11.5 Å². The van der Waals surface area contributed by atoms with Gasteiger partial charge in [-0.2, -0.15) is 0 Å². The molecule has 3 aromatic rings. The summed E-state index contributed by atoms with van der Waals surface area (Å²) in [6, 6.07) is 19.3. The van der Waals surface area contributed by atoms with Crippen LogP contribution in [0, 0.1) is 0 Å². The summed E-state index contributed by atoms with van der Waals surface area (Å²) in [5.41, 5.74) is 6.32. The van der Waals surface area contributed by atoms with Gasteiger partial charge in [0.15, 0.2) is 0 Å². The topological polar surface area (TPSA) is 44.5 Å². The van der Waals surface area contributed by atoms with Gasteiger partial charge in [-0.25, -0.2) is 0 Å². The minimum Gasteiger partial charge on any atom is -0.490 e. The zero-order valence-electron chi connectivity index (χ0n) is 12.9. The Morgan fingerprint density at radius 3 is 2.46 bits per heavy atom. The Morgan fingerprint density at radius 2 is 1.67 bits per heavy atom. The molecule has 0 saturated carbocycles. The summed E-state index contributed by atoms with van der Waals surface area (Å²) in [5, 5.41) is 2.89. The molecule has 0 amide bonds. The van der Waals surface area contributed by atoms with Gasteiger partial charge >= 0.3 is 0 Å². The summed E-state index contributed by atoms with van der Waals surface area (Å²) in [4.78, 5) is 0.253. The fourth-order valence-corrected chi connectivity index (χ4v) is 2.72. The number of rotatable bonds is 6. The maximum absolute atomic E-state index is 5.95. The lowest BCUT2D eigenvalue weighted by molar-refractivity contribution is 0.217. The monoisotopic (exact) mass is 357 g/mol. The van der Waals surface area contributed by atoms with Crippen molar-refractivity contribution in [2.75, 3.05) is 13.2 Å². The van der Waals surface area contributed by atoms with E-state index in [2.05, 4.69) is 12.1 Å². The van der Waals surface area contributed by atoms with Gasteiger partial charge in [0.25, 0.3) is 0 Å². The molecule has 0 heterocycles. The van der Waals surface area contributed by atoms with Gasteiger partial charge in [-0.1, -0.05) is 54.2 Å². The Bertz CT molecular complexity index is 882. The van der Waals surface area contributed by atoms with Gasteiger partial charge in [-0.05, 0) is 41.1 Å². The Kier molecular flexibility index (Phi) is 5.18. The van der Waals surface area contributed by atoms with Crippen molar-refractivity contribution in [1.82, 2.24) is 0 Å². The van der Waals surface area contributed by atoms with Crippen molar-refractivity contribution in [2.24, 2.45) is 5.73 Å². The third-order valence-corrected chi connectivity index (χ3v) is 3.99. The fourth-order valence-electron chi connectivity index (χ4n) is 2.39. The molecule has 3 nitrogen and oxygen atoms in total. The average Bonchev–Trinajstić information content (AvgIpc) is 2.59. The van der Waals surface area contributed by atoms with Crippen LogP contribution in [0.2, 0.25) is 5.02 Å². The van der Waals surface area contributed by atoms with Gasteiger partial charge in [0.2, 0.25) is 0 Å². The smallest absolute Gasteiger partial charge is 0.129 e. The SMILES string of the molecule is NC(=S)c1cc(Cl)ccc1OCCOc1ccc2ccccc2c1. The molecule has 3 aromatic carbocycles. The van der Waals surface area contributed by atoms with Crippen LogP contribution < -0.4 is 15.2 Å². The highest BCUT2D eigenvalue weighted by atomic mass is 35.5. The first kappa shape index (κ1) is 16.6. The van der Waals surface area contributed by atoms with Crippen LogP contribution >= 0.6 is 23.8 Å². The maximum atomic E-state index is 5.95. The van der Waals surface area contributed by atoms with Crippen molar-refractivity contribution in [3.63, 3.8) is 0 Å². The molecule has 0 spiro atoms. The molecular formula is C19H16ClNO2S. The largest absolute Gasteiger partial charge is 0.490 e. The van der Waals surface area contributed by atoms with E-state index in [4.69, 9.17) is 39.0 Å². The van der Waals surface area contributed by atoms with Crippen molar-refractivity contribution in [1.29, 1.82) is 0 Å². The molecule has 2 N–H and O–H groups in total. The van der Waals surface area contributed by atoms with E-state index < -0.39 is 0 Å². The molecule has 0 fully saturated rings. The lowest BCUT2D eigenvalue weighted by atomic mass is 10.1. The van der Waals surface area contributed by atoms with Gasteiger partial charge in [0.05, 0.1) is 5.56 Å². The molecule has 0 aromatic heterocycles. The van der Waals surface area contributed by atoms with E-state index >= 15 is 0 Å². The number of halogens is 1. The molecule has 0 aliphatic carbocycles. The number of fused-ring (bicyclic) bond motifs is 1. The summed E-state index contributed by atoms with van der Waals surface area (Å²) >= 11 is 11.0. The van der Waals surface area contributed by atoms with Crippen molar-refractivity contribution < 1.29 is 9.47 Å². The van der Waals surface area contributed by atoms with Crippen molar-refractivity contribution in [2.45, 2.75) is 0 Å². The Balaban J connectivity index is 1.59. The highest BCUT2D eigenvalue weighted by molar-refractivity contribution is 7.80. The number of benzene rings is 3. The molecule has 0 saturated heterocycles. The third kappa shape index (κ3) is 3.96. The summed E-state index contributed by atoms with van der Waals surface area (Å²) < 4.78 is 11.5. The van der Waals surface area contributed by atoms with Crippen LogP contribution in [0.5, 0.6) is 11.5 Å². The fraction of sp³-hybridized carbons (Fsp3) is 0.105. The van der Waals surface area contributed by atoms with Crippen LogP contribution in [-0.2, 0) is 0 Å². The second-order valence-electron chi connectivity index (χ2n) is 5.21. The minimum absolute atomic E-state index is 0.253. The number of hydrogen-bond acceptors (Lipinski definition) is 3. The Morgan fingerprint density at radius 1 is 0.917 bits per heavy atom. The van der Waals surface area contributed by atoms with Gasteiger partial charge in [-0.15, -0.1) is 0 Å². The van der Waals surface area contributed by atoms with E-state index in [0.29, 0.717) is 29.5 Å². The van der Waals surface area contributed by atoms with Crippen molar-refractivity contribution >= 4 is 39.6 Å². The third-order valence-electron chi connectivity index (χ3n) is 3.54. The maximum Gasteiger partial charge on any atom is 0.129 e. The van der Waals surface area contributed by atoms with E-state index in [1.807, 2.05) is 30.3 Å². The van der Waals surface area contributed by atoms with Gasteiger partial charge in [0.1, 0.15) is 29.7 Å². The van der Waals surface area contributed by atoms with E-state index in [1.165, 1.54) is 5.39 Å². The average molecular weight is 358 g/mol. The van der Waals surface area contributed by atoms with Crippen LogP contribution in [0.25, 0.3) is 10.8 Å². The van der Waals surface area contributed by atoms with Crippen molar-refractivity contribution in [3.05, 3.63) is 71.2 Å². The molecule has 0 bridgehead atoms. The molecule has 0 unspecified atom stereocenters. The molecule has 24 heavy (non-hydrogen) atoms. The highest BCUT2D eigenvalue weighted by Gasteiger charge is 2.07. The summed E-state index contributed by atoms with van der Waals surface area (Å²) in [6.45, 7) is 0.793. The first-order valence-electron chi connectivity index (χ1n) is 7.47. The van der Waals surface area contributed by atoms with Crippen LogP contribution in [0.3, 0.4) is 0 Å². The lowest BCUT2D eigenvalue weighted by Crippen LogP contribution is -2.14. The number of ether oxygens (including phenoxy) is 2. The summed E-state index contributed by atoms with van der Waals surface area (Å²) in [7, 11) is 0. The lowest BCUT2D eigenvalue weighted by Gasteiger charge is -2.12. The van der Waals surface area contributed by atoms with Crippen LogP contribution in [0.4, 0.5) is 0 Å². The number of thiocarbonyl (C=S) groups is 1. The quantitative estimate of drug-likeness (QED) is 0.518.